The van der Waals surface area contributed by atoms with Gasteiger partial charge in [0.25, 0.3) is 0 Å². The van der Waals surface area contributed by atoms with Crippen molar-refractivity contribution in [2.45, 2.75) is 26.4 Å². The number of aryl methyl sites for hydroxylation is 2. The van der Waals surface area contributed by atoms with Gasteiger partial charge < -0.3 is 14.6 Å². The summed E-state index contributed by atoms with van der Waals surface area (Å²) in [5.74, 6) is 1.43. The molecule has 0 radical (unpaired) electrons. The molecular formula is C25H30N4O3. The van der Waals surface area contributed by atoms with Crippen molar-refractivity contribution in [3.8, 4) is 5.75 Å². The van der Waals surface area contributed by atoms with Crippen LogP contribution in [0.15, 0.2) is 59.1 Å². The van der Waals surface area contributed by atoms with Gasteiger partial charge in [-0.1, -0.05) is 41.6 Å². The molecule has 0 aliphatic carbocycles. The van der Waals surface area contributed by atoms with Crippen molar-refractivity contribution >= 4 is 11.6 Å². The fourth-order valence-electron chi connectivity index (χ4n) is 4.19. The van der Waals surface area contributed by atoms with Crippen LogP contribution in [-0.2, 0) is 11.3 Å². The summed E-state index contributed by atoms with van der Waals surface area (Å²) in [5.41, 5.74) is 3.68. The van der Waals surface area contributed by atoms with Crippen molar-refractivity contribution in [2.75, 3.05) is 38.6 Å². The third-order valence-corrected chi connectivity index (χ3v) is 5.81. The number of ether oxygens (including phenoxy) is 1. The highest BCUT2D eigenvalue weighted by Gasteiger charge is 2.31. The third kappa shape index (κ3) is 5.18. The number of carbonyl (C=O) groups excluding carboxylic acids is 1. The molecule has 1 N–H and O–H groups in total. The number of anilines is 1. The molecule has 1 amide bonds. The van der Waals surface area contributed by atoms with Gasteiger partial charge in [0, 0.05) is 38.8 Å². The highest BCUT2D eigenvalue weighted by atomic mass is 16.5. The lowest BCUT2D eigenvalue weighted by atomic mass is 10.0. The molecule has 7 heteroatoms. The van der Waals surface area contributed by atoms with Crippen molar-refractivity contribution in [1.82, 2.24) is 15.0 Å². The van der Waals surface area contributed by atoms with Crippen LogP contribution in [0.3, 0.4) is 0 Å². The van der Waals surface area contributed by atoms with Gasteiger partial charge in [-0.25, -0.2) is 0 Å². The lowest BCUT2D eigenvalue weighted by Crippen LogP contribution is -2.49. The molecule has 0 spiro atoms. The van der Waals surface area contributed by atoms with Gasteiger partial charge in [0.15, 0.2) is 0 Å². The fourth-order valence-corrected chi connectivity index (χ4v) is 4.19. The number of methoxy groups -OCH3 is 1. The number of aromatic nitrogens is 1. The van der Waals surface area contributed by atoms with Crippen molar-refractivity contribution in [1.29, 1.82) is 0 Å². The second-order valence-electron chi connectivity index (χ2n) is 8.25. The maximum atomic E-state index is 13.5. The highest BCUT2D eigenvalue weighted by molar-refractivity contribution is 5.96. The van der Waals surface area contributed by atoms with E-state index in [-0.39, 0.29) is 11.9 Å². The normalized spacial score (nSPS) is 16.0. The molecule has 0 saturated carbocycles. The van der Waals surface area contributed by atoms with E-state index >= 15 is 0 Å². The zero-order valence-corrected chi connectivity index (χ0v) is 18.9. The average Bonchev–Trinajstić information content (AvgIpc) is 3.20. The van der Waals surface area contributed by atoms with Gasteiger partial charge in [0.05, 0.1) is 18.5 Å². The molecule has 7 nitrogen and oxygen atoms in total. The van der Waals surface area contributed by atoms with E-state index in [1.807, 2.05) is 68.4 Å². The van der Waals surface area contributed by atoms with Crippen LogP contribution >= 0.6 is 0 Å². The first-order valence-electron chi connectivity index (χ1n) is 10.9. The standard InChI is InChI=1S/C25H30N4O3/c1-18-9-10-23(31-3)22(15-18)26-25(30)24(20-7-5-4-6-8-20)29-13-11-28(12-14-29)17-21-16-19(2)32-27-21/h4-10,15-16,24H,11-14,17H2,1-3H3,(H,26,30). The number of rotatable bonds is 7. The summed E-state index contributed by atoms with van der Waals surface area (Å²) in [6.07, 6.45) is 0. The Kier molecular flexibility index (Phi) is 6.87. The molecule has 1 unspecified atom stereocenters. The molecule has 0 bridgehead atoms. The molecule has 1 fully saturated rings. The number of hydrogen-bond donors (Lipinski definition) is 1. The van der Waals surface area contributed by atoms with Crippen LogP contribution in [0.5, 0.6) is 5.75 Å². The average molecular weight is 435 g/mol. The molecule has 168 valence electrons. The van der Waals surface area contributed by atoms with Gasteiger partial charge in [-0.15, -0.1) is 0 Å². The Balaban J connectivity index is 1.49. The van der Waals surface area contributed by atoms with Crippen LogP contribution in [-0.4, -0.2) is 54.2 Å². The zero-order chi connectivity index (χ0) is 22.5. The van der Waals surface area contributed by atoms with Crippen LogP contribution in [0.1, 0.15) is 28.6 Å². The zero-order valence-electron chi connectivity index (χ0n) is 18.9. The van der Waals surface area contributed by atoms with Crippen molar-refractivity contribution in [3.05, 3.63) is 77.2 Å². The van der Waals surface area contributed by atoms with Gasteiger partial charge in [-0.2, -0.15) is 0 Å². The summed E-state index contributed by atoms with van der Waals surface area (Å²) in [5, 5.41) is 7.21. The van der Waals surface area contributed by atoms with Gasteiger partial charge in [-0.05, 0) is 37.1 Å². The molecule has 4 rings (SSSR count). The number of carbonyl (C=O) groups is 1. The number of benzene rings is 2. The van der Waals surface area contributed by atoms with Gasteiger partial charge in [0.1, 0.15) is 17.6 Å². The first-order valence-corrected chi connectivity index (χ1v) is 10.9. The summed E-state index contributed by atoms with van der Waals surface area (Å²) in [6.45, 7) is 7.95. The number of nitrogens with zero attached hydrogens (tertiary/aromatic N) is 3. The molecule has 2 aromatic carbocycles. The quantitative estimate of drug-likeness (QED) is 0.610. The van der Waals surface area contributed by atoms with Crippen LogP contribution < -0.4 is 10.1 Å². The van der Waals surface area contributed by atoms with E-state index in [9.17, 15) is 4.79 Å². The Bertz CT molecular complexity index is 1040. The summed E-state index contributed by atoms with van der Waals surface area (Å²) in [6, 6.07) is 17.4. The maximum absolute atomic E-state index is 13.5. The molecule has 32 heavy (non-hydrogen) atoms. The Morgan fingerprint density at radius 2 is 1.84 bits per heavy atom. The summed E-state index contributed by atoms with van der Waals surface area (Å²) < 4.78 is 10.6. The minimum absolute atomic E-state index is 0.0549. The Hall–Kier alpha value is -3.16. The predicted octanol–water partition coefficient (Wildman–Crippen LogP) is 3.80. The number of piperazine rings is 1. The van der Waals surface area contributed by atoms with Gasteiger partial charge in [0.2, 0.25) is 5.91 Å². The largest absolute Gasteiger partial charge is 0.495 e. The SMILES string of the molecule is COc1ccc(C)cc1NC(=O)C(c1ccccc1)N1CCN(Cc2cc(C)on2)CC1. The highest BCUT2D eigenvalue weighted by Crippen LogP contribution is 2.29. The van der Waals surface area contributed by atoms with Crippen molar-refractivity contribution < 1.29 is 14.1 Å². The Morgan fingerprint density at radius 3 is 2.50 bits per heavy atom. The van der Waals surface area contributed by atoms with Crippen LogP contribution in [0.25, 0.3) is 0 Å². The second-order valence-corrected chi connectivity index (χ2v) is 8.25. The topological polar surface area (TPSA) is 70.8 Å². The lowest BCUT2D eigenvalue weighted by molar-refractivity contribution is -0.122. The Labute approximate surface area is 188 Å². The predicted molar refractivity (Wildman–Crippen MR) is 124 cm³/mol. The van der Waals surface area contributed by atoms with E-state index in [1.165, 1.54) is 0 Å². The van der Waals surface area contributed by atoms with E-state index < -0.39 is 0 Å². The smallest absolute Gasteiger partial charge is 0.246 e. The van der Waals surface area contributed by atoms with E-state index in [2.05, 4.69) is 20.3 Å². The van der Waals surface area contributed by atoms with Crippen LogP contribution in [0, 0.1) is 13.8 Å². The van der Waals surface area contributed by atoms with E-state index in [1.54, 1.807) is 7.11 Å². The molecule has 1 saturated heterocycles. The van der Waals surface area contributed by atoms with E-state index in [4.69, 9.17) is 9.26 Å². The molecule has 1 aliphatic heterocycles. The van der Waals surface area contributed by atoms with Gasteiger partial charge in [-0.3, -0.25) is 14.6 Å². The fraction of sp³-hybridized carbons (Fsp3) is 0.360. The number of hydrogen-bond acceptors (Lipinski definition) is 6. The molecule has 3 aromatic rings. The minimum atomic E-state index is -0.377. The van der Waals surface area contributed by atoms with Crippen molar-refractivity contribution in [2.24, 2.45) is 0 Å². The molecule has 2 heterocycles. The maximum Gasteiger partial charge on any atom is 0.246 e. The first-order chi connectivity index (χ1) is 15.5. The van der Waals surface area contributed by atoms with Crippen LogP contribution in [0.4, 0.5) is 5.69 Å². The summed E-state index contributed by atoms with van der Waals surface area (Å²) in [7, 11) is 1.62. The molecular weight excluding hydrogens is 404 g/mol. The molecule has 1 aliphatic rings. The summed E-state index contributed by atoms with van der Waals surface area (Å²) in [4.78, 5) is 18.1. The van der Waals surface area contributed by atoms with E-state index in [0.29, 0.717) is 11.4 Å². The third-order valence-electron chi connectivity index (χ3n) is 5.81. The molecule has 1 atom stereocenters. The monoisotopic (exact) mass is 434 g/mol. The number of amides is 1. The minimum Gasteiger partial charge on any atom is -0.495 e. The lowest BCUT2D eigenvalue weighted by Gasteiger charge is -2.38. The summed E-state index contributed by atoms with van der Waals surface area (Å²) >= 11 is 0. The van der Waals surface area contributed by atoms with Crippen molar-refractivity contribution in [3.63, 3.8) is 0 Å². The Morgan fingerprint density at radius 1 is 1.09 bits per heavy atom. The van der Waals surface area contributed by atoms with Crippen LogP contribution in [0.2, 0.25) is 0 Å². The van der Waals surface area contributed by atoms with Gasteiger partial charge >= 0.3 is 0 Å². The van der Waals surface area contributed by atoms with E-state index in [0.717, 1.165) is 55.3 Å². The second kappa shape index (κ2) is 9.97. The molecule has 1 aromatic heterocycles. The number of nitrogens with one attached hydrogen (secondary N) is 1. The first kappa shape index (κ1) is 22.0.